The zero-order chi connectivity index (χ0) is 30.2. The summed E-state index contributed by atoms with van der Waals surface area (Å²) in [5.74, 6) is 0.511. The molecule has 1 aliphatic heterocycles. The van der Waals surface area contributed by atoms with Crippen LogP contribution in [0, 0.1) is 0 Å². The highest BCUT2D eigenvalue weighted by molar-refractivity contribution is 5.90. The van der Waals surface area contributed by atoms with Crippen LogP contribution in [-0.4, -0.2) is 98.0 Å². The number of hydrogen-bond acceptors (Lipinski definition) is 8. The molecule has 1 saturated heterocycles. The summed E-state index contributed by atoms with van der Waals surface area (Å²) in [5, 5.41) is 20.2. The first-order valence-electron chi connectivity index (χ1n) is 14.9. The third-order valence-electron chi connectivity index (χ3n) is 7.69. The van der Waals surface area contributed by atoms with Crippen molar-refractivity contribution in [3.8, 4) is 22.5 Å². The van der Waals surface area contributed by atoms with Gasteiger partial charge in [0, 0.05) is 94.3 Å². The van der Waals surface area contributed by atoms with Gasteiger partial charge in [-0.3, -0.25) is 14.5 Å². The highest BCUT2D eigenvalue weighted by Gasteiger charge is 2.18. The lowest BCUT2D eigenvalue weighted by Gasteiger charge is -2.34. The lowest BCUT2D eigenvalue weighted by molar-refractivity contribution is 0.108. The molecule has 4 aromatic rings. The Kier molecular flexibility index (Phi) is 9.98. The number of aliphatic hydroxyl groups excluding tert-OH is 1. The van der Waals surface area contributed by atoms with Crippen molar-refractivity contribution in [2.45, 2.75) is 20.4 Å². The first-order valence-corrected chi connectivity index (χ1v) is 14.9. The molecule has 3 heterocycles. The number of carbonyl (C=O) groups is 1. The van der Waals surface area contributed by atoms with Crippen LogP contribution in [0.5, 0.6) is 0 Å². The molecule has 5 rings (SSSR count). The Morgan fingerprint density at radius 1 is 0.977 bits per heavy atom. The van der Waals surface area contributed by atoms with Crippen LogP contribution in [0.25, 0.3) is 22.5 Å². The molecule has 0 spiro atoms. The van der Waals surface area contributed by atoms with Crippen LogP contribution in [0.2, 0.25) is 0 Å². The number of β-amino-alcohol motifs (C(OH)–C–C–N with tert-alkyl or cyclic N) is 1. The number of benzene rings is 2. The summed E-state index contributed by atoms with van der Waals surface area (Å²) in [6, 6.07) is 17.8. The number of aromatic nitrogens is 4. The molecule has 226 valence electrons. The van der Waals surface area contributed by atoms with Gasteiger partial charge in [0.15, 0.2) is 0 Å². The summed E-state index contributed by atoms with van der Waals surface area (Å²) in [5.41, 5.74) is 6.27. The second-order valence-corrected chi connectivity index (χ2v) is 10.7. The summed E-state index contributed by atoms with van der Waals surface area (Å²) in [6.45, 7) is 11.0. The molecule has 11 nitrogen and oxygen atoms in total. The molecule has 43 heavy (non-hydrogen) atoms. The van der Waals surface area contributed by atoms with E-state index in [0.29, 0.717) is 19.0 Å². The first kappa shape index (κ1) is 30.1. The topological polar surface area (TPSA) is 115 Å². The van der Waals surface area contributed by atoms with E-state index in [-0.39, 0.29) is 12.6 Å². The van der Waals surface area contributed by atoms with Crippen molar-refractivity contribution in [2.75, 3.05) is 63.1 Å². The van der Waals surface area contributed by atoms with Gasteiger partial charge < -0.3 is 20.6 Å². The maximum atomic E-state index is 12.4. The van der Waals surface area contributed by atoms with E-state index in [1.165, 1.54) is 5.56 Å². The number of piperazine rings is 1. The maximum Gasteiger partial charge on any atom is 0.321 e. The van der Waals surface area contributed by atoms with Gasteiger partial charge in [-0.1, -0.05) is 24.3 Å². The molecule has 2 aromatic heterocycles. The molecule has 11 heteroatoms. The quantitative estimate of drug-likeness (QED) is 0.240. The number of rotatable bonds is 11. The minimum Gasteiger partial charge on any atom is -0.395 e. The molecule has 0 radical (unpaired) electrons. The van der Waals surface area contributed by atoms with Crippen LogP contribution in [0.3, 0.4) is 0 Å². The Balaban J connectivity index is 1.28. The highest BCUT2D eigenvalue weighted by atomic mass is 16.3. The highest BCUT2D eigenvalue weighted by Crippen LogP contribution is 2.31. The Labute approximate surface area is 253 Å². The van der Waals surface area contributed by atoms with Crippen molar-refractivity contribution < 1.29 is 9.90 Å². The Morgan fingerprint density at radius 2 is 1.72 bits per heavy atom. The molecular weight excluding hydrogens is 542 g/mol. The Hall–Kier alpha value is -4.32. The van der Waals surface area contributed by atoms with Crippen molar-refractivity contribution in [3.63, 3.8) is 0 Å². The molecule has 0 unspecified atom stereocenters. The van der Waals surface area contributed by atoms with Gasteiger partial charge in [0.05, 0.1) is 12.3 Å². The van der Waals surface area contributed by atoms with Gasteiger partial charge in [-0.05, 0) is 49.7 Å². The van der Waals surface area contributed by atoms with Crippen LogP contribution < -0.4 is 10.6 Å². The van der Waals surface area contributed by atoms with Crippen LogP contribution >= 0.6 is 0 Å². The molecule has 2 aromatic carbocycles. The predicted molar refractivity (Wildman–Crippen MR) is 170 cm³/mol. The van der Waals surface area contributed by atoms with Crippen molar-refractivity contribution in [1.29, 1.82) is 0 Å². The minimum atomic E-state index is -0.111. The molecule has 3 N–H and O–H groups in total. The molecule has 1 fully saturated rings. The largest absolute Gasteiger partial charge is 0.395 e. The van der Waals surface area contributed by atoms with Gasteiger partial charge in [-0.2, -0.15) is 5.10 Å². The summed E-state index contributed by atoms with van der Waals surface area (Å²) in [6.07, 6.45) is 3.71. The number of amides is 2. The molecule has 2 amide bonds. The van der Waals surface area contributed by atoms with E-state index < -0.39 is 0 Å². The molecular formula is C32H41N9O2. The van der Waals surface area contributed by atoms with Crippen molar-refractivity contribution >= 4 is 23.4 Å². The standard InChI is InChI=1S/C32H41N9O2/c1-4-41(5-2)32(43)35-26-11-9-25(10-12-26)30-28(23-38(3)37-30)29-13-14-33-31(36-29)34-27-8-6-7-24(21-27)22-40-17-15-39(16-18-40)19-20-42/h6-14,21,23,42H,4-5,15-20,22H2,1-3H3,(H,35,43)(H,33,34,36). The van der Waals surface area contributed by atoms with Gasteiger partial charge in [-0.25, -0.2) is 14.8 Å². The van der Waals surface area contributed by atoms with Crippen molar-refractivity contribution in [2.24, 2.45) is 7.05 Å². The van der Waals surface area contributed by atoms with E-state index in [4.69, 9.17) is 10.1 Å². The molecule has 0 saturated carbocycles. The second kappa shape index (κ2) is 14.2. The second-order valence-electron chi connectivity index (χ2n) is 10.7. The summed E-state index contributed by atoms with van der Waals surface area (Å²) in [7, 11) is 1.89. The number of carbonyl (C=O) groups excluding carboxylic acids is 1. The van der Waals surface area contributed by atoms with Crippen molar-refractivity contribution in [3.05, 3.63) is 72.6 Å². The number of urea groups is 1. The average molecular weight is 584 g/mol. The molecule has 0 atom stereocenters. The third-order valence-corrected chi connectivity index (χ3v) is 7.69. The number of nitrogens with one attached hydrogen (secondary N) is 2. The van der Waals surface area contributed by atoms with E-state index >= 15 is 0 Å². The molecule has 0 bridgehead atoms. The Morgan fingerprint density at radius 3 is 2.44 bits per heavy atom. The zero-order valence-corrected chi connectivity index (χ0v) is 25.2. The van der Waals surface area contributed by atoms with E-state index in [0.717, 1.165) is 73.2 Å². The number of anilines is 3. The number of nitrogens with zero attached hydrogens (tertiary/aromatic N) is 7. The molecule has 1 aliphatic rings. The van der Waals surface area contributed by atoms with Crippen LogP contribution in [0.1, 0.15) is 19.4 Å². The van der Waals surface area contributed by atoms with Crippen molar-refractivity contribution in [1.82, 2.24) is 34.4 Å². The van der Waals surface area contributed by atoms with Gasteiger partial charge >= 0.3 is 6.03 Å². The van der Waals surface area contributed by atoms with E-state index in [1.54, 1.807) is 15.8 Å². The minimum absolute atomic E-state index is 0.111. The smallest absolute Gasteiger partial charge is 0.321 e. The maximum absolute atomic E-state index is 12.4. The lowest BCUT2D eigenvalue weighted by atomic mass is 10.1. The van der Waals surface area contributed by atoms with Gasteiger partial charge in [-0.15, -0.1) is 0 Å². The fraction of sp³-hybridized carbons (Fsp3) is 0.375. The van der Waals surface area contributed by atoms with Crippen LogP contribution in [0.4, 0.5) is 22.1 Å². The number of aliphatic hydroxyl groups is 1. The Bertz CT molecular complexity index is 1490. The predicted octanol–water partition coefficient (Wildman–Crippen LogP) is 4.27. The SMILES string of the molecule is CCN(CC)C(=O)Nc1ccc(-c2nn(C)cc2-c2ccnc(Nc3cccc(CN4CCN(CCO)CC4)c3)n2)cc1. The molecule has 0 aliphatic carbocycles. The monoisotopic (exact) mass is 583 g/mol. The zero-order valence-electron chi connectivity index (χ0n) is 25.2. The summed E-state index contributed by atoms with van der Waals surface area (Å²) < 4.78 is 1.78. The lowest BCUT2D eigenvalue weighted by Crippen LogP contribution is -2.46. The summed E-state index contributed by atoms with van der Waals surface area (Å²) in [4.78, 5) is 28.2. The van der Waals surface area contributed by atoms with Gasteiger partial charge in [0.25, 0.3) is 0 Å². The van der Waals surface area contributed by atoms with Crippen LogP contribution in [0.15, 0.2) is 67.0 Å². The van der Waals surface area contributed by atoms with E-state index in [2.05, 4.69) is 43.6 Å². The fourth-order valence-electron chi connectivity index (χ4n) is 5.33. The van der Waals surface area contributed by atoms with E-state index in [9.17, 15) is 9.90 Å². The van der Waals surface area contributed by atoms with Gasteiger partial charge in [0.2, 0.25) is 5.95 Å². The first-order chi connectivity index (χ1) is 20.9. The van der Waals surface area contributed by atoms with E-state index in [1.807, 2.05) is 63.5 Å². The summed E-state index contributed by atoms with van der Waals surface area (Å²) >= 11 is 0. The number of hydrogen-bond donors (Lipinski definition) is 3. The normalized spacial score (nSPS) is 14.0. The fourth-order valence-corrected chi connectivity index (χ4v) is 5.33. The third kappa shape index (κ3) is 7.75. The van der Waals surface area contributed by atoms with Gasteiger partial charge in [0.1, 0.15) is 5.69 Å². The van der Waals surface area contributed by atoms with Crippen LogP contribution in [-0.2, 0) is 13.6 Å². The average Bonchev–Trinajstić information content (AvgIpc) is 3.41. The number of aryl methyl sites for hydroxylation is 1.